The van der Waals surface area contributed by atoms with Crippen LogP contribution in [-0.2, 0) is 11.2 Å². The molecule has 2 amide bonds. The van der Waals surface area contributed by atoms with Gasteiger partial charge in [-0.1, -0.05) is 29.8 Å². The molecule has 0 heterocycles. The second kappa shape index (κ2) is 9.34. The summed E-state index contributed by atoms with van der Waals surface area (Å²) >= 11 is 6.21. The van der Waals surface area contributed by atoms with Gasteiger partial charge in [0.25, 0.3) is 5.91 Å². The number of halogens is 2. The third-order valence-electron chi connectivity index (χ3n) is 4.11. The van der Waals surface area contributed by atoms with Crippen molar-refractivity contribution >= 4 is 29.1 Å². The second-order valence-corrected chi connectivity index (χ2v) is 6.22. The van der Waals surface area contributed by atoms with Crippen LogP contribution in [-0.4, -0.2) is 29.8 Å². The molecular formula is C20H22ClFN2O2. The van der Waals surface area contributed by atoms with Crippen molar-refractivity contribution in [3.63, 3.8) is 0 Å². The molecule has 0 saturated heterocycles. The summed E-state index contributed by atoms with van der Waals surface area (Å²) < 4.78 is 13.6. The molecule has 0 aromatic heterocycles. The van der Waals surface area contributed by atoms with Gasteiger partial charge >= 0.3 is 0 Å². The maximum absolute atomic E-state index is 13.6. The van der Waals surface area contributed by atoms with E-state index in [9.17, 15) is 14.0 Å². The van der Waals surface area contributed by atoms with Crippen molar-refractivity contribution in [1.82, 2.24) is 4.90 Å². The fourth-order valence-corrected chi connectivity index (χ4v) is 2.88. The number of amides is 2. The van der Waals surface area contributed by atoms with Crippen molar-refractivity contribution in [2.45, 2.75) is 26.7 Å². The Morgan fingerprint density at radius 1 is 1.12 bits per heavy atom. The first-order chi connectivity index (χ1) is 12.5. The van der Waals surface area contributed by atoms with E-state index in [1.54, 1.807) is 41.3 Å². The Morgan fingerprint density at radius 3 is 2.42 bits per heavy atom. The topological polar surface area (TPSA) is 49.4 Å². The van der Waals surface area contributed by atoms with Crippen molar-refractivity contribution in [1.29, 1.82) is 0 Å². The van der Waals surface area contributed by atoms with Crippen LogP contribution in [0.15, 0.2) is 42.5 Å². The van der Waals surface area contributed by atoms with Crippen LogP contribution in [0.3, 0.4) is 0 Å². The minimum absolute atomic E-state index is 0.141. The molecule has 0 radical (unpaired) electrons. The van der Waals surface area contributed by atoms with Crippen molar-refractivity contribution < 1.29 is 14.0 Å². The molecule has 0 saturated carbocycles. The normalized spacial score (nSPS) is 10.5. The summed E-state index contributed by atoms with van der Waals surface area (Å²) in [6, 6.07) is 11.2. The summed E-state index contributed by atoms with van der Waals surface area (Å²) in [5, 5.41) is 3.01. The van der Waals surface area contributed by atoms with Crippen LogP contribution in [0.5, 0.6) is 0 Å². The Bertz CT molecular complexity index is 791. The van der Waals surface area contributed by atoms with Gasteiger partial charge in [0, 0.05) is 25.2 Å². The molecule has 0 atom stereocenters. The quantitative estimate of drug-likeness (QED) is 0.771. The van der Waals surface area contributed by atoms with Crippen molar-refractivity contribution in [2.24, 2.45) is 0 Å². The van der Waals surface area contributed by atoms with E-state index in [0.717, 1.165) is 0 Å². The molecule has 0 aliphatic rings. The number of carbonyl (C=O) groups excluding carboxylic acids is 2. The molecule has 6 heteroatoms. The number of carbonyl (C=O) groups is 2. The number of nitrogens with one attached hydrogen (secondary N) is 1. The van der Waals surface area contributed by atoms with Gasteiger partial charge in [0.15, 0.2) is 0 Å². The molecule has 2 rings (SSSR count). The monoisotopic (exact) mass is 376 g/mol. The van der Waals surface area contributed by atoms with E-state index in [0.29, 0.717) is 36.3 Å². The highest BCUT2D eigenvalue weighted by Gasteiger charge is 2.16. The van der Waals surface area contributed by atoms with Gasteiger partial charge in [-0.25, -0.2) is 4.39 Å². The summed E-state index contributed by atoms with van der Waals surface area (Å²) in [6.45, 7) is 5.00. The van der Waals surface area contributed by atoms with E-state index in [2.05, 4.69) is 5.32 Å². The van der Waals surface area contributed by atoms with Gasteiger partial charge in [-0.2, -0.15) is 0 Å². The zero-order valence-electron chi connectivity index (χ0n) is 14.9. The third kappa shape index (κ3) is 5.05. The SMILES string of the molecule is CCN(CC)C(=O)c1ccc(NC(=O)CCc2ccccc2F)cc1Cl. The standard InChI is InChI=1S/C20H22ClFN2O2/c1-3-24(4-2)20(26)16-11-10-15(13-17(16)21)23-19(25)12-9-14-7-5-6-8-18(14)22/h5-8,10-11,13H,3-4,9,12H2,1-2H3,(H,23,25). The summed E-state index contributed by atoms with van der Waals surface area (Å²) in [7, 11) is 0. The Balaban J connectivity index is 1.99. The number of anilines is 1. The lowest BCUT2D eigenvalue weighted by molar-refractivity contribution is -0.116. The van der Waals surface area contributed by atoms with E-state index >= 15 is 0 Å². The zero-order chi connectivity index (χ0) is 19.1. The maximum atomic E-state index is 13.6. The first-order valence-electron chi connectivity index (χ1n) is 8.58. The summed E-state index contributed by atoms with van der Waals surface area (Å²) in [5.74, 6) is -0.702. The molecule has 1 N–H and O–H groups in total. The molecule has 0 fully saturated rings. The fraction of sp³-hybridized carbons (Fsp3) is 0.300. The fourth-order valence-electron chi connectivity index (χ4n) is 2.62. The van der Waals surface area contributed by atoms with Gasteiger partial charge in [-0.05, 0) is 50.1 Å². The Morgan fingerprint density at radius 2 is 1.81 bits per heavy atom. The molecule has 138 valence electrons. The van der Waals surface area contributed by atoms with Crippen LogP contribution >= 0.6 is 11.6 Å². The largest absolute Gasteiger partial charge is 0.339 e. The van der Waals surface area contributed by atoms with Crippen LogP contribution in [0, 0.1) is 5.82 Å². The Labute approximate surface area is 158 Å². The number of hydrogen-bond donors (Lipinski definition) is 1. The van der Waals surface area contributed by atoms with Crippen molar-refractivity contribution in [2.75, 3.05) is 18.4 Å². The molecular weight excluding hydrogens is 355 g/mol. The van der Waals surface area contributed by atoms with Gasteiger partial charge in [0.05, 0.1) is 10.6 Å². The van der Waals surface area contributed by atoms with Crippen LogP contribution in [0.25, 0.3) is 0 Å². The first-order valence-corrected chi connectivity index (χ1v) is 8.96. The van der Waals surface area contributed by atoms with Gasteiger partial charge < -0.3 is 10.2 Å². The van der Waals surface area contributed by atoms with Gasteiger partial charge in [0.1, 0.15) is 5.82 Å². The number of hydrogen-bond acceptors (Lipinski definition) is 2. The van der Waals surface area contributed by atoms with Crippen molar-refractivity contribution in [3.05, 3.63) is 64.4 Å². The minimum Gasteiger partial charge on any atom is -0.339 e. The van der Waals surface area contributed by atoms with Crippen LogP contribution < -0.4 is 5.32 Å². The molecule has 0 bridgehead atoms. The van der Waals surface area contributed by atoms with Gasteiger partial charge in [-0.15, -0.1) is 0 Å². The molecule has 2 aromatic rings. The predicted octanol–water partition coefficient (Wildman–Crippen LogP) is 4.53. The second-order valence-electron chi connectivity index (χ2n) is 5.81. The number of benzene rings is 2. The Kier molecular flexibility index (Phi) is 7.16. The average molecular weight is 377 g/mol. The van der Waals surface area contributed by atoms with E-state index in [1.165, 1.54) is 6.07 Å². The lowest BCUT2D eigenvalue weighted by atomic mass is 10.1. The number of nitrogens with zero attached hydrogens (tertiary/aromatic N) is 1. The average Bonchev–Trinajstić information content (AvgIpc) is 2.62. The highest BCUT2D eigenvalue weighted by Crippen LogP contribution is 2.23. The summed E-state index contributed by atoms with van der Waals surface area (Å²) in [5.41, 5.74) is 1.41. The van der Waals surface area contributed by atoms with Gasteiger partial charge in [-0.3, -0.25) is 9.59 Å². The third-order valence-corrected chi connectivity index (χ3v) is 4.43. The summed E-state index contributed by atoms with van der Waals surface area (Å²) in [4.78, 5) is 26.1. The van der Waals surface area contributed by atoms with E-state index in [-0.39, 0.29) is 29.1 Å². The predicted molar refractivity (Wildman–Crippen MR) is 102 cm³/mol. The zero-order valence-corrected chi connectivity index (χ0v) is 15.6. The number of aryl methyl sites for hydroxylation is 1. The van der Waals surface area contributed by atoms with Crippen LogP contribution in [0.2, 0.25) is 5.02 Å². The molecule has 0 aliphatic carbocycles. The van der Waals surface area contributed by atoms with Gasteiger partial charge in [0.2, 0.25) is 5.91 Å². The molecule has 26 heavy (non-hydrogen) atoms. The smallest absolute Gasteiger partial charge is 0.255 e. The molecule has 2 aromatic carbocycles. The summed E-state index contributed by atoms with van der Waals surface area (Å²) in [6.07, 6.45) is 0.462. The minimum atomic E-state index is -0.317. The highest BCUT2D eigenvalue weighted by atomic mass is 35.5. The first kappa shape index (κ1) is 19.9. The van der Waals surface area contributed by atoms with Crippen molar-refractivity contribution in [3.8, 4) is 0 Å². The maximum Gasteiger partial charge on any atom is 0.255 e. The molecule has 0 aliphatic heterocycles. The lowest BCUT2D eigenvalue weighted by Gasteiger charge is -2.19. The molecule has 0 unspecified atom stereocenters. The molecule has 4 nitrogen and oxygen atoms in total. The van der Waals surface area contributed by atoms with Crippen LogP contribution in [0.4, 0.5) is 10.1 Å². The highest BCUT2D eigenvalue weighted by molar-refractivity contribution is 6.34. The molecule has 0 spiro atoms. The van der Waals surface area contributed by atoms with Crippen LogP contribution in [0.1, 0.15) is 36.2 Å². The number of rotatable bonds is 7. The van der Waals surface area contributed by atoms with E-state index in [1.807, 2.05) is 13.8 Å². The van der Waals surface area contributed by atoms with E-state index in [4.69, 9.17) is 11.6 Å². The van der Waals surface area contributed by atoms with E-state index < -0.39 is 0 Å². The lowest BCUT2D eigenvalue weighted by Crippen LogP contribution is -2.30. The Hall–Kier alpha value is -2.40.